The number of rotatable bonds is 7. The maximum atomic E-state index is 12.5. The van der Waals surface area contributed by atoms with Gasteiger partial charge in [-0.2, -0.15) is 5.10 Å². The number of primary amides is 1. The van der Waals surface area contributed by atoms with E-state index in [4.69, 9.17) is 10.5 Å². The minimum absolute atomic E-state index is 0.174. The number of ether oxygens (including phenoxy) is 1. The monoisotopic (exact) mass is 380 g/mol. The van der Waals surface area contributed by atoms with Crippen LogP contribution in [0.1, 0.15) is 63.1 Å². The fourth-order valence-corrected chi connectivity index (χ4v) is 3.90. The number of nitro groups is 1. The Balaban J connectivity index is 2.21. The zero-order valence-corrected chi connectivity index (χ0v) is 16.3. The van der Waals surface area contributed by atoms with Gasteiger partial charge >= 0.3 is 11.7 Å². The van der Waals surface area contributed by atoms with Crippen molar-refractivity contribution in [1.29, 1.82) is 0 Å². The number of hydrogen-bond acceptors (Lipinski definition) is 6. The number of aromatic nitrogens is 2. The number of nitrogens with two attached hydrogens (primary N) is 1. The predicted molar refractivity (Wildman–Crippen MR) is 98.0 cm³/mol. The molecule has 1 amide bonds. The Kier molecular flexibility index (Phi) is 6.56. The maximum Gasteiger partial charge on any atom is 0.328 e. The van der Waals surface area contributed by atoms with Crippen molar-refractivity contribution in [3.8, 4) is 0 Å². The van der Waals surface area contributed by atoms with Crippen LogP contribution in [0.4, 0.5) is 5.69 Å². The maximum absolute atomic E-state index is 12.5. The van der Waals surface area contributed by atoms with E-state index >= 15 is 0 Å². The largest absolute Gasteiger partial charge is 0.461 e. The van der Waals surface area contributed by atoms with E-state index in [9.17, 15) is 19.7 Å². The summed E-state index contributed by atoms with van der Waals surface area (Å²) in [6, 6.07) is 0. The van der Waals surface area contributed by atoms with E-state index in [0.717, 1.165) is 23.9 Å². The fourth-order valence-electron chi connectivity index (χ4n) is 3.90. The van der Waals surface area contributed by atoms with Crippen LogP contribution in [0.15, 0.2) is 0 Å². The van der Waals surface area contributed by atoms with E-state index in [1.807, 2.05) is 0 Å². The molecule has 9 nitrogen and oxygen atoms in total. The summed E-state index contributed by atoms with van der Waals surface area (Å²) in [5, 5.41) is 15.2. The van der Waals surface area contributed by atoms with Gasteiger partial charge in [0.1, 0.15) is 18.3 Å². The number of carbonyl (C=O) groups excluding carboxylic acids is 2. The van der Waals surface area contributed by atoms with Crippen LogP contribution in [-0.4, -0.2) is 32.7 Å². The summed E-state index contributed by atoms with van der Waals surface area (Å²) >= 11 is 0. The summed E-state index contributed by atoms with van der Waals surface area (Å²) in [5.74, 6) is -0.332. The topological polar surface area (TPSA) is 130 Å². The van der Waals surface area contributed by atoms with Crippen molar-refractivity contribution < 1.29 is 19.2 Å². The van der Waals surface area contributed by atoms with Crippen LogP contribution in [0.25, 0.3) is 0 Å². The Morgan fingerprint density at radius 2 is 2.07 bits per heavy atom. The van der Waals surface area contributed by atoms with Gasteiger partial charge in [-0.25, -0.2) is 0 Å². The van der Waals surface area contributed by atoms with E-state index in [-0.39, 0.29) is 24.8 Å². The van der Waals surface area contributed by atoms with Crippen molar-refractivity contribution in [3.63, 3.8) is 0 Å². The summed E-state index contributed by atoms with van der Waals surface area (Å²) in [4.78, 5) is 34.6. The third-order valence-electron chi connectivity index (χ3n) is 5.30. The first kappa shape index (κ1) is 20.9. The van der Waals surface area contributed by atoms with Gasteiger partial charge in [0.2, 0.25) is 5.69 Å². The van der Waals surface area contributed by atoms with Crippen LogP contribution >= 0.6 is 0 Å². The molecule has 1 heterocycles. The molecule has 0 radical (unpaired) electrons. The lowest BCUT2D eigenvalue weighted by molar-refractivity contribution is -0.385. The van der Waals surface area contributed by atoms with Gasteiger partial charge < -0.3 is 10.5 Å². The summed E-state index contributed by atoms with van der Waals surface area (Å²) in [6.07, 6.45) is 2.99. The lowest BCUT2D eigenvalue weighted by Gasteiger charge is -2.36. The standard InChI is InChI=1S/C18H28N4O5/c1-5-13-17(22(25)26)16(18(19)24)20-21(13)9-15(23)27-14-8-11(4)6-7-12(14)10(2)3/h10-12,14H,5-9H2,1-4H3,(H2,19,24). The third kappa shape index (κ3) is 4.64. The summed E-state index contributed by atoms with van der Waals surface area (Å²) in [7, 11) is 0. The molecule has 1 aliphatic carbocycles. The number of carbonyl (C=O) groups is 2. The average molecular weight is 380 g/mol. The van der Waals surface area contributed by atoms with Crippen LogP contribution < -0.4 is 5.73 Å². The van der Waals surface area contributed by atoms with Crippen molar-refractivity contribution in [3.05, 3.63) is 21.5 Å². The molecule has 1 aromatic rings. The van der Waals surface area contributed by atoms with E-state index in [1.165, 1.54) is 0 Å². The molecule has 1 fully saturated rings. The van der Waals surface area contributed by atoms with Crippen molar-refractivity contribution in [2.45, 2.75) is 66.0 Å². The molecule has 0 bridgehead atoms. The number of hydrogen-bond donors (Lipinski definition) is 1. The molecule has 0 aromatic carbocycles. The van der Waals surface area contributed by atoms with Gasteiger partial charge in [-0.1, -0.05) is 34.1 Å². The van der Waals surface area contributed by atoms with Crippen LogP contribution in [0.3, 0.4) is 0 Å². The normalized spacial score (nSPS) is 22.6. The molecule has 1 saturated carbocycles. The molecular weight excluding hydrogens is 352 g/mol. The van der Waals surface area contributed by atoms with E-state index < -0.39 is 28.2 Å². The first-order valence-corrected chi connectivity index (χ1v) is 9.38. The molecule has 1 aliphatic rings. The molecule has 3 unspecified atom stereocenters. The molecule has 2 N–H and O–H groups in total. The van der Waals surface area contributed by atoms with Crippen molar-refractivity contribution in [1.82, 2.24) is 9.78 Å². The molecule has 150 valence electrons. The minimum Gasteiger partial charge on any atom is -0.461 e. The molecular formula is C18H28N4O5. The van der Waals surface area contributed by atoms with E-state index in [1.54, 1.807) is 6.92 Å². The fraction of sp³-hybridized carbons (Fsp3) is 0.722. The van der Waals surface area contributed by atoms with Gasteiger partial charge in [-0.15, -0.1) is 0 Å². The highest BCUT2D eigenvalue weighted by atomic mass is 16.6. The van der Waals surface area contributed by atoms with Gasteiger partial charge in [0, 0.05) is 0 Å². The van der Waals surface area contributed by atoms with Crippen molar-refractivity contribution in [2.24, 2.45) is 23.5 Å². The second-order valence-electron chi connectivity index (χ2n) is 7.63. The van der Waals surface area contributed by atoms with Gasteiger partial charge in [0.05, 0.1) is 4.92 Å². The van der Waals surface area contributed by atoms with Crippen molar-refractivity contribution in [2.75, 3.05) is 0 Å². The van der Waals surface area contributed by atoms with Crippen LogP contribution in [0.2, 0.25) is 0 Å². The first-order chi connectivity index (χ1) is 12.6. The van der Waals surface area contributed by atoms with Crippen LogP contribution in [0, 0.1) is 27.9 Å². The molecule has 0 saturated heterocycles. The highest BCUT2D eigenvalue weighted by Crippen LogP contribution is 2.35. The average Bonchev–Trinajstić information content (AvgIpc) is 2.93. The minimum atomic E-state index is -0.996. The van der Waals surface area contributed by atoms with E-state index in [2.05, 4.69) is 25.9 Å². The van der Waals surface area contributed by atoms with Gasteiger partial charge in [-0.05, 0) is 37.0 Å². The molecule has 27 heavy (non-hydrogen) atoms. The predicted octanol–water partition coefficient (Wildman–Crippen LogP) is 2.46. The smallest absolute Gasteiger partial charge is 0.328 e. The number of esters is 1. The lowest BCUT2D eigenvalue weighted by Crippen LogP contribution is -2.36. The Labute approximate surface area is 158 Å². The van der Waals surface area contributed by atoms with Gasteiger partial charge in [0.15, 0.2) is 0 Å². The van der Waals surface area contributed by atoms with Crippen molar-refractivity contribution >= 4 is 17.6 Å². The molecule has 0 aliphatic heterocycles. The molecule has 9 heteroatoms. The Morgan fingerprint density at radius 1 is 1.41 bits per heavy atom. The Hall–Kier alpha value is -2.45. The van der Waals surface area contributed by atoms with Crippen LogP contribution in [-0.2, 0) is 22.5 Å². The quantitative estimate of drug-likeness (QED) is 0.439. The Morgan fingerprint density at radius 3 is 2.59 bits per heavy atom. The first-order valence-electron chi connectivity index (χ1n) is 9.38. The van der Waals surface area contributed by atoms with E-state index in [0.29, 0.717) is 17.8 Å². The second-order valence-corrected chi connectivity index (χ2v) is 7.63. The highest BCUT2D eigenvalue weighted by Gasteiger charge is 2.35. The third-order valence-corrected chi connectivity index (χ3v) is 5.30. The highest BCUT2D eigenvalue weighted by molar-refractivity contribution is 5.95. The summed E-state index contributed by atoms with van der Waals surface area (Å²) < 4.78 is 6.89. The second kappa shape index (κ2) is 8.49. The van der Waals surface area contributed by atoms with Gasteiger partial charge in [0.25, 0.3) is 5.91 Å². The molecule has 3 atom stereocenters. The number of amides is 1. The van der Waals surface area contributed by atoms with Gasteiger partial charge in [-0.3, -0.25) is 24.4 Å². The zero-order chi connectivity index (χ0) is 20.3. The molecule has 1 aromatic heterocycles. The molecule has 2 rings (SSSR count). The number of nitrogens with zero attached hydrogens (tertiary/aromatic N) is 3. The SMILES string of the molecule is CCc1c([N+](=O)[O-])c(C(N)=O)nn1CC(=O)OC1CC(C)CCC1C(C)C. The molecule has 0 spiro atoms. The summed E-state index contributed by atoms with van der Waals surface area (Å²) in [6.45, 7) is 7.78. The van der Waals surface area contributed by atoms with Crippen LogP contribution in [0.5, 0.6) is 0 Å². The lowest BCUT2D eigenvalue weighted by atomic mass is 9.75. The Bertz CT molecular complexity index is 728. The zero-order valence-electron chi connectivity index (χ0n) is 16.3. The summed E-state index contributed by atoms with van der Waals surface area (Å²) in [5.41, 5.74) is 4.51.